The lowest BCUT2D eigenvalue weighted by atomic mass is 9.98. The van der Waals surface area contributed by atoms with E-state index in [0.29, 0.717) is 17.7 Å². The van der Waals surface area contributed by atoms with Crippen LogP contribution in [0.15, 0.2) is 0 Å². The molecule has 1 saturated heterocycles. The van der Waals surface area contributed by atoms with Gasteiger partial charge in [-0.2, -0.15) is 0 Å². The SMILES string of the molecule is CC(CN)CN1CCN(C(=O)C2CCCCCC2)CC1. The van der Waals surface area contributed by atoms with Crippen molar-refractivity contribution in [3.8, 4) is 0 Å². The molecule has 1 unspecified atom stereocenters. The van der Waals surface area contributed by atoms with E-state index in [0.717, 1.165) is 52.1 Å². The summed E-state index contributed by atoms with van der Waals surface area (Å²) in [5, 5.41) is 0. The van der Waals surface area contributed by atoms with Crippen molar-refractivity contribution >= 4 is 5.91 Å². The summed E-state index contributed by atoms with van der Waals surface area (Å²) in [6.07, 6.45) is 7.34. The molecule has 0 aromatic heterocycles. The first kappa shape index (κ1) is 15.8. The third-order valence-electron chi connectivity index (χ3n) is 4.86. The van der Waals surface area contributed by atoms with Gasteiger partial charge in [-0.1, -0.05) is 32.6 Å². The molecule has 0 aromatic rings. The number of nitrogens with zero attached hydrogens (tertiary/aromatic N) is 2. The number of amides is 1. The Kier molecular flexibility index (Phi) is 6.30. The molecular formula is C16H31N3O. The van der Waals surface area contributed by atoms with Gasteiger partial charge in [-0.15, -0.1) is 0 Å². The van der Waals surface area contributed by atoms with Crippen molar-refractivity contribution < 1.29 is 4.79 Å². The van der Waals surface area contributed by atoms with Crippen LogP contribution in [-0.4, -0.2) is 55.0 Å². The number of carbonyl (C=O) groups is 1. The van der Waals surface area contributed by atoms with E-state index in [9.17, 15) is 4.79 Å². The Morgan fingerprint density at radius 2 is 1.70 bits per heavy atom. The minimum Gasteiger partial charge on any atom is -0.340 e. The molecule has 1 saturated carbocycles. The summed E-state index contributed by atoms with van der Waals surface area (Å²) in [5.74, 6) is 1.30. The minimum absolute atomic E-state index is 0.312. The normalized spacial score (nSPS) is 24.4. The molecule has 0 spiro atoms. The number of nitrogens with two attached hydrogens (primary N) is 1. The number of piperazine rings is 1. The molecule has 2 fully saturated rings. The number of hydrogen-bond donors (Lipinski definition) is 1. The first-order valence-corrected chi connectivity index (χ1v) is 8.42. The quantitative estimate of drug-likeness (QED) is 0.798. The first-order chi connectivity index (χ1) is 9.70. The van der Waals surface area contributed by atoms with Crippen LogP contribution < -0.4 is 5.73 Å². The molecule has 2 rings (SSSR count). The van der Waals surface area contributed by atoms with Crippen LogP contribution in [0.2, 0.25) is 0 Å². The lowest BCUT2D eigenvalue weighted by molar-refractivity contribution is -0.137. The van der Waals surface area contributed by atoms with Crippen LogP contribution in [0.1, 0.15) is 45.4 Å². The molecule has 1 aliphatic carbocycles. The summed E-state index contributed by atoms with van der Waals surface area (Å²) in [6.45, 7) is 7.87. The van der Waals surface area contributed by atoms with E-state index in [1.54, 1.807) is 0 Å². The Balaban J connectivity index is 1.76. The summed E-state index contributed by atoms with van der Waals surface area (Å²) >= 11 is 0. The van der Waals surface area contributed by atoms with Crippen LogP contribution in [0.4, 0.5) is 0 Å². The van der Waals surface area contributed by atoms with Crippen LogP contribution in [0.25, 0.3) is 0 Å². The molecule has 2 aliphatic rings. The summed E-state index contributed by atoms with van der Waals surface area (Å²) in [4.78, 5) is 17.1. The average molecular weight is 281 g/mol. The zero-order chi connectivity index (χ0) is 14.4. The van der Waals surface area contributed by atoms with E-state index >= 15 is 0 Å². The minimum atomic E-state index is 0.312. The van der Waals surface area contributed by atoms with Crippen molar-refractivity contribution in [3.05, 3.63) is 0 Å². The van der Waals surface area contributed by atoms with Crippen LogP contribution in [-0.2, 0) is 4.79 Å². The van der Waals surface area contributed by atoms with Gasteiger partial charge in [0.1, 0.15) is 0 Å². The third kappa shape index (κ3) is 4.45. The predicted molar refractivity (Wildman–Crippen MR) is 82.4 cm³/mol. The van der Waals surface area contributed by atoms with E-state index < -0.39 is 0 Å². The number of rotatable bonds is 4. The van der Waals surface area contributed by atoms with Crippen molar-refractivity contribution in [1.82, 2.24) is 9.80 Å². The van der Waals surface area contributed by atoms with E-state index in [1.165, 1.54) is 25.7 Å². The van der Waals surface area contributed by atoms with Crippen LogP contribution in [0.3, 0.4) is 0 Å². The van der Waals surface area contributed by atoms with E-state index in [4.69, 9.17) is 5.73 Å². The van der Waals surface area contributed by atoms with Crippen LogP contribution in [0, 0.1) is 11.8 Å². The second-order valence-electron chi connectivity index (χ2n) is 6.66. The van der Waals surface area contributed by atoms with Crippen molar-refractivity contribution in [2.75, 3.05) is 39.3 Å². The van der Waals surface area contributed by atoms with E-state index in [2.05, 4.69) is 16.7 Å². The smallest absolute Gasteiger partial charge is 0.225 e. The van der Waals surface area contributed by atoms with E-state index in [-0.39, 0.29) is 0 Å². The molecule has 0 bridgehead atoms. The van der Waals surface area contributed by atoms with Gasteiger partial charge in [0, 0.05) is 38.6 Å². The Morgan fingerprint density at radius 3 is 2.25 bits per heavy atom. The van der Waals surface area contributed by atoms with Gasteiger partial charge in [-0.05, 0) is 25.3 Å². The fourth-order valence-electron chi connectivity index (χ4n) is 3.45. The first-order valence-electron chi connectivity index (χ1n) is 8.42. The average Bonchev–Trinajstić information content (AvgIpc) is 2.76. The Morgan fingerprint density at radius 1 is 1.10 bits per heavy atom. The Labute approximate surface area is 123 Å². The van der Waals surface area contributed by atoms with Crippen LogP contribution >= 0.6 is 0 Å². The molecule has 4 heteroatoms. The zero-order valence-corrected chi connectivity index (χ0v) is 13.0. The standard InChI is InChI=1S/C16H31N3O/c1-14(12-17)13-18-8-10-19(11-9-18)16(20)15-6-4-2-3-5-7-15/h14-15H,2-13,17H2,1H3. The highest BCUT2D eigenvalue weighted by Crippen LogP contribution is 2.25. The van der Waals surface area contributed by atoms with Gasteiger partial charge in [0.05, 0.1) is 0 Å². The molecule has 116 valence electrons. The molecular weight excluding hydrogens is 250 g/mol. The van der Waals surface area contributed by atoms with Crippen LogP contribution in [0.5, 0.6) is 0 Å². The molecule has 4 nitrogen and oxygen atoms in total. The van der Waals surface area contributed by atoms with Crippen molar-refractivity contribution in [2.24, 2.45) is 17.6 Å². The molecule has 2 N–H and O–H groups in total. The van der Waals surface area contributed by atoms with Gasteiger partial charge >= 0.3 is 0 Å². The Hall–Kier alpha value is -0.610. The van der Waals surface area contributed by atoms with Crippen molar-refractivity contribution in [3.63, 3.8) is 0 Å². The molecule has 1 heterocycles. The fourth-order valence-corrected chi connectivity index (χ4v) is 3.45. The van der Waals surface area contributed by atoms with Gasteiger partial charge in [-0.25, -0.2) is 0 Å². The van der Waals surface area contributed by atoms with Gasteiger partial charge in [0.2, 0.25) is 5.91 Å². The topological polar surface area (TPSA) is 49.6 Å². The predicted octanol–water partition coefficient (Wildman–Crippen LogP) is 1.70. The molecule has 1 atom stereocenters. The van der Waals surface area contributed by atoms with Gasteiger partial charge in [0.15, 0.2) is 0 Å². The Bertz CT molecular complexity index is 292. The second-order valence-corrected chi connectivity index (χ2v) is 6.66. The van der Waals surface area contributed by atoms with E-state index in [1.807, 2.05) is 0 Å². The summed E-state index contributed by atoms with van der Waals surface area (Å²) < 4.78 is 0. The molecule has 0 aromatic carbocycles. The maximum absolute atomic E-state index is 12.6. The molecule has 0 radical (unpaired) electrons. The zero-order valence-electron chi connectivity index (χ0n) is 13.0. The largest absolute Gasteiger partial charge is 0.340 e. The highest BCUT2D eigenvalue weighted by Gasteiger charge is 2.27. The fraction of sp³-hybridized carbons (Fsp3) is 0.938. The summed E-state index contributed by atoms with van der Waals surface area (Å²) in [6, 6.07) is 0. The number of carbonyl (C=O) groups excluding carboxylic acids is 1. The lowest BCUT2D eigenvalue weighted by Crippen LogP contribution is -2.51. The maximum Gasteiger partial charge on any atom is 0.225 e. The third-order valence-corrected chi connectivity index (χ3v) is 4.86. The summed E-state index contributed by atoms with van der Waals surface area (Å²) in [5.41, 5.74) is 5.69. The molecule has 20 heavy (non-hydrogen) atoms. The number of hydrogen-bond acceptors (Lipinski definition) is 3. The van der Waals surface area contributed by atoms with Crippen molar-refractivity contribution in [2.45, 2.75) is 45.4 Å². The molecule has 1 aliphatic heterocycles. The highest BCUT2D eigenvalue weighted by molar-refractivity contribution is 5.79. The monoisotopic (exact) mass is 281 g/mol. The lowest BCUT2D eigenvalue weighted by Gasteiger charge is -2.37. The van der Waals surface area contributed by atoms with Gasteiger partial charge in [-0.3, -0.25) is 9.69 Å². The second kappa shape index (κ2) is 7.99. The van der Waals surface area contributed by atoms with Gasteiger partial charge < -0.3 is 10.6 Å². The van der Waals surface area contributed by atoms with Crippen molar-refractivity contribution in [1.29, 1.82) is 0 Å². The van der Waals surface area contributed by atoms with Gasteiger partial charge in [0.25, 0.3) is 0 Å². The highest BCUT2D eigenvalue weighted by atomic mass is 16.2. The maximum atomic E-state index is 12.6. The molecule has 1 amide bonds. The summed E-state index contributed by atoms with van der Waals surface area (Å²) in [7, 11) is 0.